The van der Waals surface area contributed by atoms with E-state index in [0.29, 0.717) is 5.56 Å². The van der Waals surface area contributed by atoms with Gasteiger partial charge in [-0.25, -0.2) is 4.79 Å². The lowest BCUT2D eigenvalue weighted by atomic mass is 10.1. The molecule has 6 heteroatoms. The van der Waals surface area contributed by atoms with Gasteiger partial charge in [-0.05, 0) is 41.0 Å². The predicted molar refractivity (Wildman–Crippen MR) is 112 cm³/mol. The standard InChI is InChI=1S/C23H22N2O4/c1-2-16-7-5-6-10-20(16)25-21(26)14-24-22(27)15-29-23(28)19-12-11-17-8-3-4-9-18(17)13-19/h3-13H,2,14-15H2,1H3,(H,24,27)(H,25,26). The number of aryl methyl sites for hydroxylation is 1. The largest absolute Gasteiger partial charge is 0.452 e. The molecule has 0 fully saturated rings. The van der Waals surface area contributed by atoms with Gasteiger partial charge in [0.1, 0.15) is 0 Å². The minimum Gasteiger partial charge on any atom is -0.452 e. The van der Waals surface area contributed by atoms with Crippen molar-refractivity contribution in [1.29, 1.82) is 0 Å². The first-order valence-electron chi connectivity index (χ1n) is 9.37. The second-order valence-corrected chi connectivity index (χ2v) is 6.47. The third kappa shape index (κ3) is 5.42. The van der Waals surface area contributed by atoms with E-state index in [0.717, 1.165) is 28.4 Å². The fourth-order valence-corrected chi connectivity index (χ4v) is 2.91. The topological polar surface area (TPSA) is 84.5 Å². The summed E-state index contributed by atoms with van der Waals surface area (Å²) >= 11 is 0. The molecule has 3 aromatic rings. The molecule has 3 aromatic carbocycles. The fourth-order valence-electron chi connectivity index (χ4n) is 2.91. The molecule has 0 aliphatic heterocycles. The highest BCUT2D eigenvalue weighted by Gasteiger charge is 2.12. The SMILES string of the molecule is CCc1ccccc1NC(=O)CNC(=O)COC(=O)c1ccc2ccccc2c1. The van der Waals surface area contributed by atoms with Gasteiger partial charge < -0.3 is 15.4 Å². The molecule has 0 aliphatic carbocycles. The number of anilines is 1. The summed E-state index contributed by atoms with van der Waals surface area (Å²) in [6, 6.07) is 20.3. The summed E-state index contributed by atoms with van der Waals surface area (Å²) in [6.07, 6.45) is 0.785. The van der Waals surface area contributed by atoms with E-state index in [1.807, 2.05) is 61.5 Å². The number of esters is 1. The normalized spacial score (nSPS) is 10.4. The predicted octanol–water partition coefficient (Wildman–Crippen LogP) is 3.31. The summed E-state index contributed by atoms with van der Waals surface area (Å²) in [7, 11) is 0. The quantitative estimate of drug-likeness (QED) is 0.606. The van der Waals surface area contributed by atoms with E-state index < -0.39 is 18.5 Å². The Hall–Kier alpha value is -3.67. The van der Waals surface area contributed by atoms with Crippen molar-refractivity contribution in [1.82, 2.24) is 5.32 Å². The van der Waals surface area contributed by atoms with E-state index in [2.05, 4.69) is 10.6 Å². The maximum absolute atomic E-state index is 12.2. The fraction of sp³-hybridized carbons (Fsp3) is 0.174. The molecule has 0 unspecified atom stereocenters. The summed E-state index contributed by atoms with van der Waals surface area (Å²) in [4.78, 5) is 36.1. The highest BCUT2D eigenvalue weighted by molar-refractivity contribution is 5.97. The van der Waals surface area contributed by atoms with Crippen LogP contribution in [0, 0.1) is 0 Å². The second-order valence-electron chi connectivity index (χ2n) is 6.47. The number of fused-ring (bicyclic) bond motifs is 1. The van der Waals surface area contributed by atoms with Gasteiger partial charge in [-0.1, -0.05) is 55.5 Å². The van der Waals surface area contributed by atoms with Crippen LogP contribution < -0.4 is 10.6 Å². The minimum atomic E-state index is -0.591. The zero-order valence-electron chi connectivity index (χ0n) is 16.1. The molecule has 6 nitrogen and oxygen atoms in total. The van der Waals surface area contributed by atoms with Crippen LogP contribution in [0.25, 0.3) is 10.8 Å². The van der Waals surface area contributed by atoms with E-state index in [9.17, 15) is 14.4 Å². The van der Waals surface area contributed by atoms with Crippen molar-refractivity contribution in [3.05, 3.63) is 77.9 Å². The number of nitrogens with one attached hydrogen (secondary N) is 2. The van der Waals surface area contributed by atoms with Crippen LogP contribution in [0.1, 0.15) is 22.8 Å². The van der Waals surface area contributed by atoms with Crippen molar-refractivity contribution in [3.63, 3.8) is 0 Å². The lowest BCUT2D eigenvalue weighted by molar-refractivity contribution is -0.126. The molecule has 29 heavy (non-hydrogen) atoms. The summed E-state index contributed by atoms with van der Waals surface area (Å²) in [6.45, 7) is 1.34. The van der Waals surface area contributed by atoms with Gasteiger partial charge in [0.2, 0.25) is 5.91 Å². The lowest BCUT2D eigenvalue weighted by Crippen LogP contribution is -2.35. The van der Waals surface area contributed by atoms with Gasteiger partial charge in [-0.2, -0.15) is 0 Å². The van der Waals surface area contributed by atoms with Crippen LogP contribution in [0.15, 0.2) is 66.7 Å². The molecule has 0 radical (unpaired) electrons. The Morgan fingerprint density at radius 1 is 0.862 bits per heavy atom. The van der Waals surface area contributed by atoms with Crippen molar-refractivity contribution in [2.75, 3.05) is 18.5 Å². The number of hydrogen-bond acceptors (Lipinski definition) is 4. The number of para-hydroxylation sites is 1. The third-order valence-corrected chi connectivity index (χ3v) is 4.44. The third-order valence-electron chi connectivity index (χ3n) is 4.44. The Morgan fingerprint density at radius 2 is 1.59 bits per heavy atom. The van der Waals surface area contributed by atoms with Gasteiger partial charge in [0, 0.05) is 5.69 Å². The number of amides is 2. The molecule has 0 spiro atoms. The molecule has 0 saturated heterocycles. The maximum atomic E-state index is 12.2. The van der Waals surface area contributed by atoms with Gasteiger partial charge in [0.25, 0.3) is 5.91 Å². The number of benzene rings is 3. The van der Waals surface area contributed by atoms with Crippen LogP contribution in [0.2, 0.25) is 0 Å². The smallest absolute Gasteiger partial charge is 0.338 e. The lowest BCUT2D eigenvalue weighted by Gasteiger charge is -2.10. The molecular formula is C23H22N2O4. The first kappa shape index (κ1) is 20.1. The Labute approximate surface area is 168 Å². The average Bonchev–Trinajstić information content (AvgIpc) is 2.76. The highest BCUT2D eigenvalue weighted by Crippen LogP contribution is 2.16. The van der Waals surface area contributed by atoms with Crippen LogP contribution in [0.3, 0.4) is 0 Å². The summed E-state index contributed by atoms with van der Waals surface area (Å²) in [5, 5.41) is 7.14. The van der Waals surface area contributed by atoms with E-state index in [1.54, 1.807) is 12.1 Å². The maximum Gasteiger partial charge on any atom is 0.338 e. The summed E-state index contributed by atoms with van der Waals surface area (Å²) < 4.78 is 5.04. The molecule has 2 N–H and O–H groups in total. The minimum absolute atomic E-state index is 0.204. The number of carbonyl (C=O) groups is 3. The summed E-state index contributed by atoms with van der Waals surface area (Å²) in [5.74, 6) is -1.48. The van der Waals surface area contributed by atoms with Gasteiger partial charge in [-0.15, -0.1) is 0 Å². The molecule has 0 atom stereocenters. The van der Waals surface area contributed by atoms with E-state index in [1.165, 1.54) is 0 Å². The Kier molecular flexibility index (Phi) is 6.58. The van der Waals surface area contributed by atoms with Crippen LogP contribution >= 0.6 is 0 Å². The van der Waals surface area contributed by atoms with Crippen LogP contribution in [-0.2, 0) is 20.7 Å². The van der Waals surface area contributed by atoms with E-state index in [4.69, 9.17) is 4.74 Å². The molecule has 148 valence electrons. The van der Waals surface area contributed by atoms with Gasteiger partial charge >= 0.3 is 5.97 Å². The van der Waals surface area contributed by atoms with Crippen LogP contribution in [0.5, 0.6) is 0 Å². The zero-order valence-corrected chi connectivity index (χ0v) is 16.1. The van der Waals surface area contributed by atoms with Crippen LogP contribution in [0.4, 0.5) is 5.69 Å². The molecule has 2 amide bonds. The van der Waals surface area contributed by atoms with Gasteiger partial charge in [-0.3, -0.25) is 9.59 Å². The van der Waals surface area contributed by atoms with Crippen molar-refractivity contribution in [2.45, 2.75) is 13.3 Å². The zero-order chi connectivity index (χ0) is 20.6. The van der Waals surface area contributed by atoms with Gasteiger partial charge in [0.15, 0.2) is 6.61 Å². The van der Waals surface area contributed by atoms with Crippen LogP contribution in [-0.4, -0.2) is 30.9 Å². The molecule has 0 aromatic heterocycles. The molecular weight excluding hydrogens is 368 g/mol. The monoisotopic (exact) mass is 390 g/mol. The first-order valence-corrected chi connectivity index (χ1v) is 9.37. The van der Waals surface area contributed by atoms with Crippen molar-refractivity contribution in [3.8, 4) is 0 Å². The van der Waals surface area contributed by atoms with E-state index >= 15 is 0 Å². The van der Waals surface area contributed by atoms with Gasteiger partial charge in [0.05, 0.1) is 12.1 Å². The number of hydrogen-bond donors (Lipinski definition) is 2. The molecule has 0 heterocycles. The Balaban J connectivity index is 1.46. The van der Waals surface area contributed by atoms with Crippen molar-refractivity contribution < 1.29 is 19.1 Å². The molecule has 0 aliphatic rings. The number of carbonyl (C=O) groups excluding carboxylic acids is 3. The molecule has 0 saturated carbocycles. The Bertz CT molecular complexity index is 1050. The van der Waals surface area contributed by atoms with Crippen molar-refractivity contribution in [2.24, 2.45) is 0 Å². The van der Waals surface area contributed by atoms with Crippen molar-refractivity contribution >= 4 is 34.2 Å². The summed E-state index contributed by atoms with van der Waals surface area (Å²) in [5.41, 5.74) is 2.10. The number of rotatable bonds is 7. The highest BCUT2D eigenvalue weighted by atomic mass is 16.5. The average molecular weight is 390 g/mol. The second kappa shape index (κ2) is 9.50. The first-order chi connectivity index (χ1) is 14.1. The van der Waals surface area contributed by atoms with E-state index in [-0.39, 0.29) is 12.5 Å². The Morgan fingerprint density at radius 3 is 2.38 bits per heavy atom. The molecule has 3 rings (SSSR count). The molecule has 0 bridgehead atoms. The number of ether oxygens (including phenoxy) is 1.